The summed E-state index contributed by atoms with van der Waals surface area (Å²) in [5.74, 6) is 1.86. The fraction of sp³-hybridized carbons (Fsp3) is 0.619. The molecule has 0 aromatic heterocycles. The van der Waals surface area contributed by atoms with Crippen LogP contribution < -0.4 is 0 Å². The third-order valence-corrected chi connectivity index (χ3v) is 6.29. The zero-order valence-corrected chi connectivity index (χ0v) is 15.3. The first-order valence-electron chi connectivity index (χ1n) is 9.71. The Balaban J connectivity index is 1.49. The van der Waals surface area contributed by atoms with Crippen LogP contribution in [0.5, 0.6) is 0 Å². The zero-order valence-electron chi connectivity index (χ0n) is 15.3. The molecule has 3 fully saturated rings. The van der Waals surface area contributed by atoms with Crippen molar-refractivity contribution in [3.8, 4) is 0 Å². The second kappa shape index (κ2) is 6.47. The van der Waals surface area contributed by atoms with Crippen LogP contribution >= 0.6 is 0 Å². The van der Waals surface area contributed by atoms with E-state index in [4.69, 9.17) is 0 Å². The lowest BCUT2D eigenvalue weighted by atomic mass is 9.76. The summed E-state index contributed by atoms with van der Waals surface area (Å²) in [6, 6.07) is 8.45. The van der Waals surface area contributed by atoms with Crippen LogP contribution in [0.4, 0.5) is 0 Å². The molecule has 3 atom stereocenters. The minimum atomic E-state index is 0.153. The summed E-state index contributed by atoms with van der Waals surface area (Å²) in [6.45, 7) is 6.77. The minimum Gasteiger partial charge on any atom is -0.339 e. The molecule has 0 radical (unpaired) electrons. The van der Waals surface area contributed by atoms with Crippen molar-refractivity contribution in [3.63, 3.8) is 0 Å². The molecule has 2 unspecified atom stereocenters. The summed E-state index contributed by atoms with van der Waals surface area (Å²) in [5, 5.41) is 0. The molecule has 134 valence electrons. The van der Waals surface area contributed by atoms with E-state index in [-0.39, 0.29) is 5.91 Å². The van der Waals surface area contributed by atoms with Gasteiger partial charge in [-0.25, -0.2) is 0 Å². The van der Waals surface area contributed by atoms with Gasteiger partial charge in [-0.1, -0.05) is 26.0 Å². The van der Waals surface area contributed by atoms with Crippen LogP contribution in [0.25, 0.3) is 0 Å². The lowest BCUT2D eigenvalue weighted by molar-refractivity contribution is -0.144. The first-order chi connectivity index (χ1) is 12.0. The number of likely N-dealkylation sites (tertiary alicyclic amines) is 1. The number of nitrogens with zero attached hydrogens (tertiary/aromatic N) is 2. The van der Waals surface area contributed by atoms with Crippen LogP contribution in [-0.2, 0) is 4.79 Å². The molecule has 3 saturated heterocycles. The highest BCUT2D eigenvalue weighted by Crippen LogP contribution is 2.38. The quantitative estimate of drug-likeness (QED) is 0.829. The topological polar surface area (TPSA) is 40.6 Å². The van der Waals surface area contributed by atoms with E-state index in [0.29, 0.717) is 36.1 Å². The molecule has 4 heteroatoms. The Morgan fingerprint density at radius 2 is 1.88 bits per heavy atom. The van der Waals surface area contributed by atoms with Gasteiger partial charge in [-0.15, -0.1) is 0 Å². The number of rotatable bonds is 2. The third kappa shape index (κ3) is 3.07. The van der Waals surface area contributed by atoms with E-state index in [1.165, 1.54) is 12.0 Å². The first kappa shape index (κ1) is 16.6. The average molecular weight is 340 g/mol. The number of hydrogen-bond donors (Lipinski definition) is 0. The van der Waals surface area contributed by atoms with Gasteiger partial charge in [-0.2, -0.15) is 0 Å². The molecule has 4 nitrogen and oxygen atoms in total. The van der Waals surface area contributed by atoms with Gasteiger partial charge in [0.15, 0.2) is 0 Å². The Morgan fingerprint density at radius 1 is 1.12 bits per heavy atom. The zero-order chi connectivity index (χ0) is 17.6. The summed E-state index contributed by atoms with van der Waals surface area (Å²) in [6.07, 6.45) is 3.99. The average Bonchev–Trinajstić information content (AvgIpc) is 2.62. The molecule has 3 aliphatic heterocycles. The van der Waals surface area contributed by atoms with Gasteiger partial charge in [0, 0.05) is 37.7 Å². The smallest absolute Gasteiger partial charge is 0.253 e. The van der Waals surface area contributed by atoms with Gasteiger partial charge in [0.05, 0.1) is 0 Å². The highest BCUT2D eigenvalue weighted by atomic mass is 16.2. The summed E-state index contributed by atoms with van der Waals surface area (Å²) < 4.78 is 0. The summed E-state index contributed by atoms with van der Waals surface area (Å²) in [4.78, 5) is 29.4. The Labute approximate surface area is 150 Å². The van der Waals surface area contributed by atoms with E-state index in [0.717, 1.165) is 38.0 Å². The Kier molecular flexibility index (Phi) is 4.30. The van der Waals surface area contributed by atoms with Crippen LogP contribution in [0.15, 0.2) is 24.3 Å². The minimum absolute atomic E-state index is 0.153. The summed E-state index contributed by atoms with van der Waals surface area (Å²) in [7, 11) is 0. The van der Waals surface area contributed by atoms with Gasteiger partial charge in [0.25, 0.3) is 5.91 Å². The molecule has 4 rings (SSSR count). The highest BCUT2D eigenvalue weighted by molar-refractivity contribution is 5.94. The largest absolute Gasteiger partial charge is 0.339 e. The maximum atomic E-state index is 13.0. The number of fused-ring (bicyclic) bond motifs is 4. The molecule has 0 N–H and O–H groups in total. The fourth-order valence-corrected chi connectivity index (χ4v) is 4.97. The lowest BCUT2D eigenvalue weighted by Gasteiger charge is -2.52. The third-order valence-electron chi connectivity index (χ3n) is 6.29. The molecule has 3 aliphatic rings. The van der Waals surface area contributed by atoms with Crippen LogP contribution in [0.2, 0.25) is 0 Å². The van der Waals surface area contributed by atoms with Gasteiger partial charge in [0.1, 0.15) is 0 Å². The Hall–Kier alpha value is -1.84. The van der Waals surface area contributed by atoms with E-state index >= 15 is 0 Å². The van der Waals surface area contributed by atoms with Crippen molar-refractivity contribution in [3.05, 3.63) is 35.4 Å². The standard InChI is InChI=1S/C21H28N2O2/c1-14(2)16-6-8-17(9-7-16)21(25)22-11-15-10-18(13-22)19-4-3-5-20(24)23(19)12-15/h6-9,14-15,18-19H,3-5,10-13H2,1-2H3/t15?,18?,19-/m1/s1. The first-order valence-corrected chi connectivity index (χ1v) is 9.71. The van der Waals surface area contributed by atoms with Crippen LogP contribution in [0.3, 0.4) is 0 Å². The number of carbonyl (C=O) groups is 2. The van der Waals surface area contributed by atoms with Crippen molar-refractivity contribution >= 4 is 11.8 Å². The van der Waals surface area contributed by atoms with Crippen molar-refractivity contribution in [1.82, 2.24) is 9.80 Å². The van der Waals surface area contributed by atoms with Gasteiger partial charge >= 0.3 is 0 Å². The molecule has 0 aliphatic carbocycles. The van der Waals surface area contributed by atoms with Gasteiger partial charge in [0.2, 0.25) is 5.91 Å². The monoisotopic (exact) mass is 340 g/mol. The van der Waals surface area contributed by atoms with Crippen molar-refractivity contribution in [2.45, 2.75) is 51.5 Å². The molecule has 1 aromatic rings. The predicted molar refractivity (Wildman–Crippen MR) is 97.4 cm³/mol. The van der Waals surface area contributed by atoms with E-state index in [9.17, 15) is 9.59 Å². The number of hydrogen-bond acceptors (Lipinski definition) is 2. The van der Waals surface area contributed by atoms with E-state index in [1.54, 1.807) is 0 Å². The highest BCUT2D eigenvalue weighted by Gasteiger charge is 2.44. The molecule has 2 amide bonds. The Morgan fingerprint density at radius 3 is 2.60 bits per heavy atom. The molecule has 2 bridgehead atoms. The molecule has 0 spiro atoms. The predicted octanol–water partition coefficient (Wildman–Crippen LogP) is 3.28. The fourth-order valence-electron chi connectivity index (χ4n) is 4.97. The van der Waals surface area contributed by atoms with Crippen molar-refractivity contribution < 1.29 is 9.59 Å². The molecule has 3 heterocycles. The maximum absolute atomic E-state index is 13.0. The summed E-state index contributed by atoms with van der Waals surface area (Å²) >= 11 is 0. The summed E-state index contributed by atoms with van der Waals surface area (Å²) in [5.41, 5.74) is 2.06. The molecule has 25 heavy (non-hydrogen) atoms. The normalized spacial score (nSPS) is 28.9. The van der Waals surface area contributed by atoms with E-state index in [1.807, 2.05) is 17.0 Å². The second-order valence-electron chi connectivity index (χ2n) is 8.35. The van der Waals surface area contributed by atoms with Crippen molar-refractivity contribution in [1.29, 1.82) is 0 Å². The number of piperidine rings is 3. The van der Waals surface area contributed by atoms with Crippen molar-refractivity contribution in [2.24, 2.45) is 11.8 Å². The maximum Gasteiger partial charge on any atom is 0.253 e. The molecular weight excluding hydrogens is 312 g/mol. The second-order valence-corrected chi connectivity index (χ2v) is 8.35. The SMILES string of the molecule is CC(C)c1ccc(C(=O)N2CC3CC(C2)[C@H]2CCCC(=O)N2C3)cc1. The van der Waals surface area contributed by atoms with Gasteiger partial charge in [-0.3, -0.25) is 9.59 Å². The Bertz CT molecular complexity index is 667. The van der Waals surface area contributed by atoms with Crippen molar-refractivity contribution in [2.75, 3.05) is 19.6 Å². The molecule has 0 saturated carbocycles. The van der Waals surface area contributed by atoms with Crippen LogP contribution in [0.1, 0.15) is 61.4 Å². The molecule has 1 aromatic carbocycles. The van der Waals surface area contributed by atoms with Gasteiger partial charge < -0.3 is 9.80 Å². The van der Waals surface area contributed by atoms with Crippen LogP contribution in [-0.4, -0.2) is 47.3 Å². The lowest BCUT2D eigenvalue weighted by Crippen LogP contribution is -2.61. The van der Waals surface area contributed by atoms with Gasteiger partial charge in [-0.05, 0) is 54.7 Å². The number of carbonyl (C=O) groups excluding carboxylic acids is 2. The number of amides is 2. The van der Waals surface area contributed by atoms with E-state index < -0.39 is 0 Å². The number of benzene rings is 1. The van der Waals surface area contributed by atoms with E-state index in [2.05, 4.69) is 30.9 Å². The van der Waals surface area contributed by atoms with Crippen LogP contribution in [0, 0.1) is 11.8 Å². The molecular formula is C21H28N2O2.